The van der Waals surface area contributed by atoms with Gasteiger partial charge in [-0.15, -0.1) is 0 Å². The summed E-state index contributed by atoms with van der Waals surface area (Å²) in [5.41, 5.74) is 3.79. The van der Waals surface area contributed by atoms with Crippen LogP contribution in [-0.4, -0.2) is 18.2 Å². The zero-order chi connectivity index (χ0) is 17.3. The molecular formula is C18H19N3O2S. The minimum atomic E-state index is -3.65. The van der Waals surface area contributed by atoms with Crippen LogP contribution in [0.5, 0.6) is 0 Å². The quantitative estimate of drug-likeness (QED) is 0.788. The molecule has 1 N–H and O–H groups in total. The van der Waals surface area contributed by atoms with Gasteiger partial charge in [0.15, 0.2) is 0 Å². The number of aryl methyl sites for hydroxylation is 2. The van der Waals surface area contributed by atoms with Gasteiger partial charge in [0.2, 0.25) is 0 Å². The number of nitrogens with zero attached hydrogens (tertiary/aromatic N) is 2. The summed E-state index contributed by atoms with van der Waals surface area (Å²) >= 11 is 0. The molecular weight excluding hydrogens is 322 g/mol. The predicted octanol–water partition coefficient (Wildman–Crippen LogP) is 3.60. The number of rotatable bonds is 4. The molecule has 6 heteroatoms. The molecule has 0 saturated carbocycles. The maximum atomic E-state index is 12.6. The molecule has 1 aromatic heterocycles. The first-order valence-corrected chi connectivity index (χ1v) is 9.08. The SMILES string of the molecule is Cc1ccc(S(=O)(=O)Nc2c(C)nn(-c3ccccc3)c2C)cc1. The number of anilines is 1. The lowest BCUT2D eigenvalue weighted by atomic mass is 10.2. The van der Waals surface area contributed by atoms with Crippen molar-refractivity contribution in [2.24, 2.45) is 0 Å². The summed E-state index contributed by atoms with van der Waals surface area (Å²) in [4.78, 5) is 0.236. The highest BCUT2D eigenvalue weighted by molar-refractivity contribution is 7.92. The first-order chi connectivity index (χ1) is 11.4. The average molecular weight is 341 g/mol. The van der Waals surface area contributed by atoms with Crippen LogP contribution in [0.15, 0.2) is 59.5 Å². The van der Waals surface area contributed by atoms with Crippen LogP contribution in [0.25, 0.3) is 5.69 Å². The summed E-state index contributed by atoms with van der Waals surface area (Å²) in [5, 5.41) is 4.46. The van der Waals surface area contributed by atoms with Gasteiger partial charge in [0.05, 0.1) is 27.7 Å². The number of benzene rings is 2. The van der Waals surface area contributed by atoms with Crippen LogP contribution in [0.4, 0.5) is 5.69 Å². The second-order valence-corrected chi connectivity index (χ2v) is 7.39. The highest BCUT2D eigenvalue weighted by Gasteiger charge is 2.20. The molecule has 5 nitrogen and oxygen atoms in total. The van der Waals surface area contributed by atoms with Gasteiger partial charge in [-0.05, 0) is 45.0 Å². The summed E-state index contributed by atoms with van der Waals surface area (Å²) in [6, 6.07) is 16.4. The molecule has 0 atom stereocenters. The molecule has 0 bridgehead atoms. The summed E-state index contributed by atoms with van der Waals surface area (Å²) in [7, 11) is -3.65. The van der Waals surface area contributed by atoms with Gasteiger partial charge in [-0.1, -0.05) is 35.9 Å². The number of nitrogens with one attached hydrogen (secondary N) is 1. The largest absolute Gasteiger partial charge is 0.276 e. The van der Waals surface area contributed by atoms with E-state index in [2.05, 4.69) is 9.82 Å². The van der Waals surface area contributed by atoms with Crippen LogP contribution < -0.4 is 4.72 Å². The third-order valence-electron chi connectivity index (χ3n) is 3.86. The minimum Gasteiger partial charge on any atom is -0.276 e. The number of hydrogen-bond donors (Lipinski definition) is 1. The summed E-state index contributed by atoms with van der Waals surface area (Å²) in [5.74, 6) is 0. The number of para-hydroxylation sites is 1. The van der Waals surface area contributed by atoms with E-state index in [0.717, 1.165) is 16.9 Å². The van der Waals surface area contributed by atoms with E-state index in [4.69, 9.17) is 0 Å². The Morgan fingerprint density at radius 1 is 0.917 bits per heavy atom. The van der Waals surface area contributed by atoms with Crippen molar-refractivity contribution in [1.29, 1.82) is 0 Å². The molecule has 0 saturated heterocycles. The van der Waals surface area contributed by atoms with E-state index in [0.29, 0.717) is 11.4 Å². The molecule has 2 aromatic carbocycles. The van der Waals surface area contributed by atoms with Gasteiger partial charge >= 0.3 is 0 Å². The first kappa shape index (κ1) is 16.3. The fourth-order valence-corrected chi connectivity index (χ4v) is 3.70. The van der Waals surface area contributed by atoms with E-state index in [9.17, 15) is 8.42 Å². The van der Waals surface area contributed by atoms with Crippen molar-refractivity contribution < 1.29 is 8.42 Å². The highest BCUT2D eigenvalue weighted by atomic mass is 32.2. The molecule has 0 amide bonds. The molecule has 0 aliphatic carbocycles. The van der Waals surface area contributed by atoms with Crippen molar-refractivity contribution >= 4 is 15.7 Å². The van der Waals surface area contributed by atoms with Crippen molar-refractivity contribution in [2.75, 3.05) is 4.72 Å². The summed E-state index contributed by atoms with van der Waals surface area (Å²) < 4.78 is 29.6. The number of aromatic nitrogens is 2. The topological polar surface area (TPSA) is 64.0 Å². The van der Waals surface area contributed by atoms with Gasteiger partial charge < -0.3 is 0 Å². The van der Waals surface area contributed by atoms with Crippen molar-refractivity contribution in [3.63, 3.8) is 0 Å². The number of hydrogen-bond acceptors (Lipinski definition) is 3. The lowest BCUT2D eigenvalue weighted by Crippen LogP contribution is -2.14. The van der Waals surface area contributed by atoms with E-state index in [1.54, 1.807) is 35.9 Å². The van der Waals surface area contributed by atoms with Gasteiger partial charge in [-0.25, -0.2) is 13.1 Å². The zero-order valence-electron chi connectivity index (χ0n) is 13.8. The molecule has 0 unspecified atom stereocenters. The second kappa shape index (κ2) is 6.13. The Balaban J connectivity index is 1.99. The fourth-order valence-electron chi connectivity index (χ4n) is 2.52. The highest BCUT2D eigenvalue weighted by Crippen LogP contribution is 2.25. The van der Waals surface area contributed by atoms with E-state index in [1.807, 2.05) is 44.2 Å². The van der Waals surface area contributed by atoms with Crippen LogP contribution in [0.1, 0.15) is 17.0 Å². The standard InChI is InChI=1S/C18H19N3O2S/c1-13-9-11-17(12-10-13)24(22,23)20-18-14(2)19-21(15(18)3)16-7-5-4-6-8-16/h4-12,20H,1-3H3. The van der Waals surface area contributed by atoms with Gasteiger partial charge in [-0.2, -0.15) is 5.10 Å². The molecule has 124 valence electrons. The van der Waals surface area contributed by atoms with Gasteiger partial charge in [0, 0.05) is 0 Å². The first-order valence-electron chi connectivity index (χ1n) is 7.59. The van der Waals surface area contributed by atoms with E-state index in [-0.39, 0.29) is 4.90 Å². The van der Waals surface area contributed by atoms with E-state index >= 15 is 0 Å². The third kappa shape index (κ3) is 3.05. The Labute approximate surface area is 142 Å². The summed E-state index contributed by atoms with van der Waals surface area (Å²) in [6.07, 6.45) is 0. The van der Waals surface area contributed by atoms with Gasteiger partial charge in [-0.3, -0.25) is 4.72 Å². The Morgan fingerprint density at radius 3 is 2.17 bits per heavy atom. The Morgan fingerprint density at radius 2 is 1.54 bits per heavy atom. The third-order valence-corrected chi connectivity index (χ3v) is 5.23. The van der Waals surface area contributed by atoms with Crippen LogP contribution >= 0.6 is 0 Å². The maximum Gasteiger partial charge on any atom is 0.262 e. The lowest BCUT2D eigenvalue weighted by Gasteiger charge is -2.09. The molecule has 0 spiro atoms. The zero-order valence-corrected chi connectivity index (χ0v) is 14.6. The van der Waals surface area contributed by atoms with Crippen LogP contribution in [0, 0.1) is 20.8 Å². The monoisotopic (exact) mass is 341 g/mol. The minimum absolute atomic E-state index is 0.236. The molecule has 3 aromatic rings. The van der Waals surface area contributed by atoms with Crippen LogP contribution in [0.2, 0.25) is 0 Å². The average Bonchev–Trinajstić information content (AvgIpc) is 2.84. The van der Waals surface area contributed by atoms with Crippen molar-refractivity contribution in [3.05, 3.63) is 71.5 Å². The van der Waals surface area contributed by atoms with Crippen LogP contribution in [0.3, 0.4) is 0 Å². The van der Waals surface area contributed by atoms with Crippen LogP contribution in [-0.2, 0) is 10.0 Å². The Kier molecular flexibility index (Phi) is 4.15. The number of sulfonamides is 1. The van der Waals surface area contributed by atoms with Crippen molar-refractivity contribution in [3.8, 4) is 5.69 Å². The fraction of sp³-hybridized carbons (Fsp3) is 0.167. The smallest absolute Gasteiger partial charge is 0.262 e. The van der Waals surface area contributed by atoms with Gasteiger partial charge in [0.25, 0.3) is 10.0 Å². The Bertz CT molecular complexity index is 960. The Hall–Kier alpha value is -2.60. The molecule has 3 rings (SSSR count). The van der Waals surface area contributed by atoms with E-state index in [1.165, 1.54) is 0 Å². The second-order valence-electron chi connectivity index (χ2n) is 5.71. The van der Waals surface area contributed by atoms with Crippen molar-refractivity contribution in [1.82, 2.24) is 9.78 Å². The van der Waals surface area contributed by atoms with Crippen molar-refractivity contribution in [2.45, 2.75) is 25.7 Å². The lowest BCUT2D eigenvalue weighted by molar-refractivity contribution is 0.601. The van der Waals surface area contributed by atoms with Gasteiger partial charge in [0.1, 0.15) is 0 Å². The normalized spacial score (nSPS) is 11.5. The molecule has 0 aliphatic heterocycles. The predicted molar refractivity (Wildman–Crippen MR) is 95.0 cm³/mol. The summed E-state index contributed by atoms with van der Waals surface area (Å²) in [6.45, 7) is 5.56. The molecule has 24 heavy (non-hydrogen) atoms. The maximum absolute atomic E-state index is 12.6. The van der Waals surface area contributed by atoms with E-state index < -0.39 is 10.0 Å². The molecule has 1 heterocycles. The molecule has 0 aliphatic rings. The molecule has 0 fully saturated rings. The molecule has 0 radical (unpaired) electrons.